The van der Waals surface area contributed by atoms with Gasteiger partial charge in [-0.3, -0.25) is 4.79 Å². The zero-order valence-electron chi connectivity index (χ0n) is 11.6. The average Bonchev–Trinajstić information content (AvgIpc) is 2.41. The van der Waals surface area contributed by atoms with Gasteiger partial charge in [-0.15, -0.1) is 0 Å². The highest BCUT2D eigenvalue weighted by atomic mass is 35.5. The molecule has 22 heavy (non-hydrogen) atoms. The number of benzene rings is 1. The average molecular weight is 327 g/mol. The van der Waals surface area contributed by atoms with Gasteiger partial charge in [0.05, 0.1) is 6.42 Å². The third-order valence-electron chi connectivity index (χ3n) is 2.86. The number of aromatic nitrogens is 1. The van der Waals surface area contributed by atoms with Crippen LogP contribution in [0.25, 0.3) is 0 Å². The second-order valence-electron chi connectivity index (χ2n) is 4.51. The Balaban J connectivity index is 2.02. The molecule has 0 aliphatic heterocycles. The summed E-state index contributed by atoms with van der Waals surface area (Å²) >= 11 is 5.76. The van der Waals surface area contributed by atoms with E-state index in [1.165, 1.54) is 18.2 Å². The molecule has 7 heteroatoms. The predicted octanol–water partition coefficient (Wildman–Crippen LogP) is 3.83. The van der Waals surface area contributed by atoms with Crippen LogP contribution in [0.15, 0.2) is 36.4 Å². The number of halogens is 3. The molecule has 0 atom stereocenters. The summed E-state index contributed by atoms with van der Waals surface area (Å²) in [5.74, 6) is -0.307. The minimum Gasteiger partial charge on any atom is -0.435 e. The number of nitrogens with zero attached hydrogens (tertiary/aromatic N) is 1. The maximum absolute atomic E-state index is 12.2. The molecule has 0 bridgehead atoms. The van der Waals surface area contributed by atoms with Crippen LogP contribution in [0.3, 0.4) is 0 Å². The van der Waals surface area contributed by atoms with Crippen molar-refractivity contribution in [2.24, 2.45) is 0 Å². The molecule has 0 aliphatic rings. The second kappa shape index (κ2) is 7.17. The molecule has 1 amide bonds. The number of aryl methyl sites for hydroxylation is 1. The molecule has 0 aliphatic carbocycles. The fourth-order valence-corrected chi connectivity index (χ4v) is 2.06. The van der Waals surface area contributed by atoms with Gasteiger partial charge >= 0.3 is 6.61 Å². The van der Waals surface area contributed by atoms with E-state index < -0.39 is 6.61 Å². The fourth-order valence-electron chi connectivity index (χ4n) is 1.87. The van der Waals surface area contributed by atoms with Crippen molar-refractivity contribution in [3.63, 3.8) is 0 Å². The molecule has 0 saturated heterocycles. The molecular formula is C15H13ClF2N2O2. The van der Waals surface area contributed by atoms with Gasteiger partial charge in [0.25, 0.3) is 0 Å². The summed E-state index contributed by atoms with van der Waals surface area (Å²) in [6, 6.07) is 9.15. The molecule has 1 aromatic carbocycles. The summed E-state index contributed by atoms with van der Waals surface area (Å²) < 4.78 is 28.6. The Kier molecular flexibility index (Phi) is 5.27. The van der Waals surface area contributed by atoms with Crippen LogP contribution in [0.5, 0.6) is 5.75 Å². The lowest BCUT2D eigenvalue weighted by molar-refractivity contribution is -0.115. The minimum atomic E-state index is -2.91. The summed E-state index contributed by atoms with van der Waals surface area (Å²) in [7, 11) is 0. The number of rotatable bonds is 5. The van der Waals surface area contributed by atoms with Crippen molar-refractivity contribution in [1.82, 2.24) is 4.98 Å². The van der Waals surface area contributed by atoms with Crippen molar-refractivity contribution < 1.29 is 18.3 Å². The lowest BCUT2D eigenvalue weighted by Gasteiger charge is -2.09. The Bertz CT molecular complexity index is 680. The SMILES string of the molecule is Cc1nc(Cl)ccc1CC(=O)Nc1cccc(OC(F)F)c1. The quantitative estimate of drug-likeness (QED) is 0.850. The molecule has 2 rings (SSSR count). The summed E-state index contributed by atoms with van der Waals surface area (Å²) in [6.07, 6.45) is 0.107. The molecule has 116 valence electrons. The van der Waals surface area contributed by atoms with Gasteiger partial charge in [-0.05, 0) is 30.7 Å². The van der Waals surface area contributed by atoms with Gasteiger partial charge in [-0.1, -0.05) is 23.7 Å². The zero-order chi connectivity index (χ0) is 16.1. The van der Waals surface area contributed by atoms with Gasteiger partial charge < -0.3 is 10.1 Å². The standard InChI is InChI=1S/C15H13ClF2N2O2/c1-9-10(5-6-13(16)19-9)7-14(21)20-11-3-2-4-12(8-11)22-15(17)18/h2-6,8,15H,7H2,1H3,(H,20,21). The molecule has 1 aromatic heterocycles. The number of pyridine rings is 1. The van der Waals surface area contributed by atoms with Crippen LogP contribution in [-0.4, -0.2) is 17.5 Å². The number of hydrogen-bond donors (Lipinski definition) is 1. The molecule has 0 spiro atoms. The molecule has 1 heterocycles. The van der Waals surface area contributed by atoms with Gasteiger partial charge in [0.2, 0.25) is 5.91 Å². The van der Waals surface area contributed by atoms with Crippen LogP contribution in [0, 0.1) is 6.92 Å². The Morgan fingerprint density at radius 2 is 2.14 bits per heavy atom. The van der Waals surface area contributed by atoms with E-state index in [4.69, 9.17) is 11.6 Å². The molecule has 4 nitrogen and oxygen atoms in total. The van der Waals surface area contributed by atoms with Crippen molar-refractivity contribution >= 4 is 23.2 Å². The molecular weight excluding hydrogens is 314 g/mol. The van der Waals surface area contributed by atoms with E-state index >= 15 is 0 Å². The van der Waals surface area contributed by atoms with Gasteiger partial charge in [0, 0.05) is 17.4 Å². The number of carbonyl (C=O) groups is 1. The smallest absolute Gasteiger partial charge is 0.387 e. The topological polar surface area (TPSA) is 51.2 Å². The van der Waals surface area contributed by atoms with E-state index in [-0.39, 0.29) is 18.1 Å². The van der Waals surface area contributed by atoms with E-state index in [1.54, 1.807) is 25.1 Å². The van der Waals surface area contributed by atoms with Crippen LogP contribution < -0.4 is 10.1 Å². The van der Waals surface area contributed by atoms with Crippen molar-refractivity contribution in [3.8, 4) is 5.75 Å². The highest BCUT2D eigenvalue weighted by Gasteiger charge is 2.09. The first-order valence-electron chi connectivity index (χ1n) is 6.41. The monoisotopic (exact) mass is 326 g/mol. The summed E-state index contributed by atoms with van der Waals surface area (Å²) in [6.45, 7) is -1.15. The van der Waals surface area contributed by atoms with Crippen LogP contribution in [0.4, 0.5) is 14.5 Å². The van der Waals surface area contributed by atoms with Crippen LogP contribution in [0.2, 0.25) is 5.15 Å². The van der Waals surface area contributed by atoms with Gasteiger partial charge in [-0.25, -0.2) is 4.98 Å². The summed E-state index contributed by atoms with van der Waals surface area (Å²) in [5.41, 5.74) is 1.78. The maximum atomic E-state index is 12.2. The number of alkyl halides is 2. The van der Waals surface area contributed by atoms with Crippen LogP contribution >= 0.6 is 11.6 Å². The number of amides is 1. The first-order valence-corrected chi connectivity index (χ1v) is 6.78. The molecule has 0 saturated carbocycles. The Labute approximate surface area is 131 Å². The molecule has 0 radical (unpaired) electrons. The first kappa shape index (κ1) is 16.2. The Morgan fingerprint density at radius 3 is 2.82 bits per heavy atom. The lowest BCUT2D eigenvalue weighted by Crippen LogP contribution is -2.15. The van der Waals surface area contributed by atoms with Crippen LogP contribution in [-0.2, 0) is 11.2 Å². The van der Waals surface area contributed by atoms with E-state index in [1.807, 2.05) is 0 Å². The highest BCUT2D eigenvalue weighted by molar-refractivity contribution is 6.29. The zero-order valence-corrected chi connectivity index (χ0v) is 12.4. The number of nitrogens with one attached hydrogen (secondary N) is 1. The van der Waals surface area contributed by atoms with Crippen molar-refractivity contribution in [2.45, 2.75) is 20.0 Å². The van der Waals surface area contributed by atoms with Crippen molar-refractivity contribution in [1.29, 1.82) is 0 Å². The molecule has 0 unspecified atom stereocenters. The molecule has 1 N–H and O–H groups in total. The predicted molar refractivity (Wildman–Crippen MR) is 79.4 cm³/mol. The first-order chi connectivity index (χ1) is 10.4. The molecule has 2 aromatic rings. The van der Waals surface area contributed by atoms with Gasteiger partial charge in [0.1, 0.15) is 10.9 Å². The second-order valence-corrected chi connectivity index (χ2v) is 4.90. The van der Waals surface area contributed by atoms with E-state index in [0.717, 1.165) is 5.56 Å². The summed E-state index contributed by atoms with van der Waals surface area (Å²) in [4.78, 5) is 16.1. The lowest BCUT2D eigenvalue weighted by atomic mass is 10.1. The van der Waals surface area contributed by atoms with Crippen molar-refractivity contribution in [2.75, 3.05) is 5.32 Å². The van der Waals surface area contributed by atoms with Gasteiger partial charge in [-0.2, -0.15) is 8.78 Å². The Morgan fingerprint density at radius 1 is 1.36 bits per heavy atom. The number of ether oxygens (including phenoxy) is 1. The minimum absolute atomic E-state index is 0.0165. The van der Waals surface area contributed by atoms with Crippen molar-refractivity contribution in [3.05, 3.63) is 52.8 Å². The van der Waals surface area contributed by atoms with Gasteiger partial charge in [0.15, 0.2) is 0 Å². The third kappa shape index (κ3) is 4.66. The molecule has 0 fully saturated rings. The largest absolute Gasteiger partial charge is 0.435 e. The third-order valence-corrected chi connectivity index (χ3v) is 3.07. The highest BCUT2D eigenvalue weighted by Crippen LogP contribution is 2.20. The van der Waals surface area contributed by atoms with E-state index in [0.29, 0.717) is 16.5 Å². The number of anilines is 1. The fraction of sp³-hybridized carbons (Fsp3) is 0.200. The van der Waals surface area contributed by atoms with E-state index in [9.17, 15) is 13.6 Å². The maximum Gasteiger partial charge on any atom is 0.387 e. The Hall–Kier alpha value is -2.21. The normalized spacial score (nSPS) is 10.6. The number of hydrogen-bond acceptors (Lipinski definition) is 3. The van der Waals surface area contributed by atoms with Crippen LogP contribution in [0.1, 0.15) is 11.3 Å². The summed E-state index contributed by atoms with van der Waals surface area (Å²) in [5, 5.41) is 2.98. The van der Waals surface area contributed by atoms with E-state index in [2.05, 4.69) is 15.0 Å². The number of carbonyl (C=O) groups excluding carboxylic acids is 1.